The zero-order chi connectivity index (χ0) is 17.3. The lowest BCUT2D eigenvalue weighted by Crippen LogP contribution is -2.28. The maximum absolute atomic E-state index is 13.1. The van der Waals surface area contributed by atoms with Crippen LogP contribution >= 0.6 is 0 Å². The van der Waals surface area contributed by atoms with Crippen molar-refractivity contribution in [2.24, 2.45) is 0 Å². The van der Waals surface area contributed by atoms with Crippen molar-refractivity contribution in [1.29, 1.82) is 0 Å². The van der Waals surface area contributed by atoms with Gasteiger partial charge in [-0.15, -0.1) is 0 Å². The Balaban J connectivity index is 2.26. The Kier molecular flexibility index (Phi) is 4.37. The van der Waals surface area contributed by atoms with Gasteiger partial charge in [0, 0.05) is 11.9 Å². The molecule has 1 heterocycles. The number of aromatic nitrogens is 1. The molecule has 1 aromatic carbocycles. The third kappa shape index (κ3) is 3.65. The summed E-state index contributed by atoms with van der Waals surface area (Å²) in [6.45, 7) is 3.10. The van der Waals surface area contributed by atoms with E-state index in [0.717, 1.165) is 18.5 Å². The van der Waals surface area contributed by atoms with Crippen LogP contribution in [0, 0.1) is 5.82 Å². The molecular formula is C15H15FN2O4S. The molecule has 0 atom stereocenters. The number of nitrogens with zero attached hydrogens (tertiary/aromatic N) is 1. The zero-order valence-electron chi connectivity index (χ0n) is 12.4. The predicted octanol–water partition coefficient (Wildman–Crippen LogP) is 2.38. The molecule has 0 radical (unpaired) electrons. The fourth-order valence-corrected chi connectivity index (χ4v) is 2.86. The summed E-state index contributed by atoms with van der Waals surface area (Å²) in [5.74, 6) is -1.75. The zero-order valence-corrected chi connectivity index (χ0v) is 13.3. The molecule has 0 spiro atoms. The third-order valence-electron chi connectivity index (χ3n) is 3.38. The van der Waals surface area contributed by atoms with Gasteiger partial charge >= 0.3 is 5.97 Å². The summed E-state index contributed by atoms with van der Waals surface area (Å²) in [6, 6.07) is 6.80. The molecule has 0 saturated heterocycles. The van der Waals surface area contributed by atoms with Crippen molar-refractivity contribution in [2.45, 2.75) is 24.2 Å². The van der Waals surface area contributed by atoms with Crippen molar-refractivity contribution < 1.29 is 22.7 Å². The Hall–Kier alpha value is -2.48. The quantitative estimate of drug-likeness (QED) is 0.872. The highest BCUT2D eigenvalue weighted by molar-refractivity contribution is 7.92. The fourth-order valence-electron chi connectivity index (χ4n) is 1.83. The van der Waals surface area contributed by atoms with Gasteiger partial charge in [0.05, 0.1) is 11.6 Å². The highest BCUT2D eigenvalue weighted by Gasteiger charge is 2.29. The van der Waals surface area contributed by atoms with Gasteiger partial charge in [0.1, 0.15) is 10.7 Å². The summed E-state index contributed by atoms with van der Waals surface area (Å²) < 4.78 is 39.6. The Bertz CT molecular complexity index is 833. The number of carboxylic acid groups (broad SMARTS) is 1. The summed E-state index contributed by atoms with van der Waals surface area (Å²) in [5.41, 5.74) is -0.330. The number of hydrogen-bond donors (Lipinski definition) is 2. The van der Waals surface area contributed by atoms with E-state index in [1.165, 1.54) is 24.3 Å². The molecule has 23 heavy (non-hydrogen) atoms. The number of carboxylic acids is 1. The highest BCUT2D eigenvalue weighted by atomic mass is 32.2. The van der Waals surface area contributed by atoms with E-state index in [1.54, 1.807) is 13.8 Å². The number of rotatable bonds is 5. The molecule has 8 heteroatoms. The van der Waals surface area contributed by atoms with E-state index < -0.39 is 27.2 Å². The van der Waals surface area contributed by atoms with Gasteiger partial charge in [-0.25, -0.2) is 12.8 Å². The number of nitrogens with one attached hydrogen (secondary N) is 1. The molecule has 6 nitrogen and oxygen atoms in total. The van der Waals surface area contributed by atoms with Gasteiger partial charge in [-0.3, -0.25) is 14.5 Å². The average molecular weight is 338 g/mol. The standard InChI is InChI=1S/C15H15FN2O4S/c1-15(2,14(19)20)10-3-5-12(6-4-10)18-23(21,22)13-7-11(16)8-17-9-13/h3-9,18H,1-2H3,(H,19,20). The van der Waals surface area contributed by atoms with Crippen LogP contribution in [0.4, 0.5) is 10.1 Å². The maximum atomic E-state index is 13.1. The minimum atomic E-state index is -3.97. The first-order valence-electron chi connectivity index (χ1n) is 6.60. The second kappa shape index (κ2) is 5.96. The van der Waals surface area contributed by atoms with Crippen molar-refractivity contribution in [2.75, 3.05) is 4.72 Å². The molecule has 0 aliphatic carbocycles. The predicted molar refractivity (Wildman–Crippen MR) is 82.1 cm³/mol. The van der Waals surface area contributed by atoms with Crippen molar-refractivity contribution in [3.8, 4) is 0 Å². The highest BCUT2D eigenvalue weighted by Crippen LogP contribution is 2.25. The lowest BCUT2D eigenvalue weighted by atomic mass is 9.85. The molecule has 122 valence electrons. The van der Waals surface area contributed by atoms with Crippen LogP contribution in [0.5, 0.6) is 0 Å². The van der Waals surface area contributed by atoms with E-state index in [-0.39, 0.29) is 10.6 Å². The number of sulfonamides is 1. The minimum absolute atomic E-state index is 0.235. The van der Waals surface area contributed by atoms with Gasteiger partial charge < -0.3 is 5.11 Å². The number of hydrogen-bond acceptors (Lipinski definition) is 4. The molecule has 2 aromatic rings. The number of pyridine rings is 1. The van der Waals surface area contributed by atoms with Crippen LogP contribution in [0.1, 0.15) is 19.4 Å². The Labute approximate surface area is 133 Å². The number of halogens is 1. The Morgan fingerprint density at radius 3 is 2.35 bits per heavy atom. The maximum Gasteiger partial charge on any atom is 0.313 e. The molecule has 0 aliphatic heterocycles. The summed E-state index contributed by atoms with van der Waals surface area (Å²) in [4.78, 5) is 14.4. The molecule has 0 fully saturated rings. The first-order chi connectivity index (χ1) is 10.6. The molecule has 2 N–H and O–H groups in total. The van der Waals surface area contributed by atoms with Gasteiger partial charge in [0.15, 0.2) is 0 Å². The van der Waals surface area contributed by atoms with Crippen molar-refractivity contribution in [1.82, 2.24) is 4.98 Å². The fraction of sp³-hybridized carbons (Fsp3) is 0.200. The average Bonchev–Trinajstić information content (AvgIpc) is 2.47. The summed E-state index contributed by atoms with van der Waals surface area (Å²) in [5, 5.41) is 9.17. The molecule has 0 aliphatic rings. The normalized spacial score (nSPS) is 12.0. The molecule has 0 bridgehead atoms. The van der Waals surface area contributed by atoms with E-state index >= 15 is 0 Å². The minimum Gasteiger partial charge on any atom is -0.481 e. The van der Waals surface area contributed by atoms with E-state index in [4.69, 9.17) is 0 Å². The second-order valence-corrected chi connectivity index (χ2v) is 7.13. The first kappa shape index (κ1) is 16.9. The van der Waals surface area contributed by atoms with Gasteiger partial charge in [-0.2, -0.15) is 0 Å². The first-order valence-corrected chi connectivity index (χ1v) is 8.08. The van der Waals surface area contributed by atoms with Crippen LogP contribution < -0.4 is 4.72 Å². The number of anilines is 1. The molecule has 0 saturated carbocycles. The lowest BCUT2D eigenvalue weighted by Gasteiger charge is -2.20. The molecule has 1 aromatic heterocycles. The van der Waals surface area contributed by atoms with Crippen molar-refractivity contribution >= 4 is 21.7 Å². The van der Waals surface area contributed by atoms with E-state index in [1.807, 2.05) is 0 Å². The van der Waals surface area contributed by atoms with Gasteiger partial charge in [0.25, 0.3) is 10.0 Å². The Morgan fingerprint density at radius 2 is 1.83 bits per heavy atom. The molecule has 0 amide bonds. The SMILES string of the molecule is CC(C)(C(=O)O)c1ccc(NS(=O)(=O)c2cncc(F)c2)cc1. The van der Waals surface area contributed by atoms with Crippen LogP contribution in [0.3, 0.4) is 0 Å². The van der Waals surface area contributed by atoms with Gasteiger partial charge in [-0.05, 0) is 37.6 Å². The largest absolute Gasteiger partial charge is 0.481 e. The smallest absolute Gasteiger partial charge is 0.313 e. The topological polar surface area (TPSA) is 96.4 Å². The van der Waals surface area contributed by atoms with E-state index in [2.05, 4.69) is 9.71 Å². The van der Waals surface area contributed by atoms with Crippen LogP contribution in [0.15, 0.2) is 47.6 Å². The Morgan fingerprint density at radius 1 is 1.22 bits per heavy atom. The summed E-state index contributed by atoms with van der Waals surface area (Å²) in [7, 11) is -3.97. The summed E-state index contributed by atoms with van der Waals surface area (Å²) >= 11 is 0. The number of aliphatic carboxylic acids is 1. The van der Waals surface area contributed by atoms with Crippen LogP contribution in [0.2, 0.25) is 0 Å². The van der Waals surface area contributed by atoms with Crippen LogP contribution in [0.25, 0.3) is 0 Å². The van der Waals surface area contributed by atoms with Crippen molar-refractivity contribution in [3.63, 3.8) is 0 Å². The number of benzene rings is 1. The molecule has 2 rings (SSSR count). The number of carbonyl (C=O) groups is 1. The second-order valence-electron chi connectivity index (χ2n) is 5.45. The lowest BCUT2D eigenvalue weighted by molar-refractivity contribution is -0.142. The van der Waals surface area contributed by atoms with E-state index in [9.17, 15) is 22.7 Å². The van der Waals surface area contributed by atoms with E-state index in [0.29, 0.717) is 5.56 Å². The van der Waals surface area contributed by atoms with Crippen molar-refractivity contribution in [3.05, 3.63) is 54.1 Å². The molecule has 0 unspecified atom stereocenters. The third-order valence-corrected chi connectivity index (χ3v) is 4.73. The van der Waals surface area contributed by atoms with Gasteiger partial charge in [-0.1, -0.05) is 12.1 Å². The van der Waals surface area contributed by atoms with Gasteiger partial charge in [0.2, 0.25) is 0 Å². The monoisotopic (exact) mass is 338 g/mol. The summed E-state index contributed by atoms with van der Waals surface area (Å²) in [6.07, 6.45) is 1.94. The van der Waals surface area contributed by atoms with Crippen LogP contribution in [-0.4, -0.2) is 24.5 Å². The van der Waals surface area contributed by atoms with Crippen LogP contribution in [-0.2, 0) is 20.2 Å². The molecular weight excluding hydrogens is 323 g/mol.